The average molecular weight is 348 g/mol. The van der Waals surface area contributed by atoms with Gasteiger partial charge in [-0.05, 0) is 49.5 Å². The Kier molecular flexibility index (Phi) is 2.89. The van der Waals surface area contributed by atoms with Crippen molar-refractivity contribution in [3.05, 3.63) is 69.3 Å². The average Bonchev–Trinajstić information content (AvgIpc) is 2.84. The summed E-state index contributed by atoms with van der Waals surface area (Å²) in [7, 11) is 2.04. The second-order valence-electron chi connectivity index (χ2n) is 7.63. The molecule has 0 N–H and O–H groups in total. The third-order valence-corrected chi connectivity index (χ3v) is 6.44. The van der Waals surface area contributed by atoms with Crippen LogP contribution in [0.1, 0.15) is 37.3 Å². The summed E-state index contributed by atoms with van der Waals surface area (Å²) in [4.78, 5) is 13.4. The molecule has 0 aromatic heterocycles. The number of likely N-dealkylation sites (N-methyl/N-ethyl adjacent to an activating group) is 1. The lowest BCUT2D eigenvalue weighted by Gasteiger charge is -2.53. The van der Waals surface area contributed by atoms with Crippen molar-refractivity contribution in [2.45, 2.75) is 37.3 Å². The quantitative estimate of drug-likeness (QED) is 0.556. The molecule has 26 heavy (non-hydrogen) atoms. The van der Waals surface area contributed by atoms with Crippen molar-refractivity contribution in [2.75, 3.05) is 11.9 Å². The molecule has 2 aliphatic heterocycles. The van der Waals surface area contributed by atoms with E-state index in [2.05, 4.69) is 36.1 Å². The molecule has 0 radical (unpaired) electrons. The lowest BCUT2D eigenvalue weighted by Crippen LogP contribution is -2.63. The number of hydrogen-bond donors (Lipinski definition) is 0. The molecule has 5 heteroatoms. The third-order valence-electron chi connectivity index (χ3n) is 6.44. The summed E-state index contributed by atoms with van der Waals surface area (Å²) in [5.41, 5.74) is 3.49. The SMILES string of the molecule is CN1c2ccccc2[C@@]2(C)CCCC3=Cc4cccc([N+](=O)[O-])c4O[C@@]312. The minimum Gasteiger partial charge on any atom is -0.455 e. The number of hydrogen-bond acceptors (Lipinski definition) is 4. The first-order chi connectivity index (χ1) is 12.5. The summed E-state index contributed by atoms with van der Waals surface area (Å²) in [6.07, 6.45) is 5.13. The standard InChI is InChI=1S/C21H20N2O3/c1-20-12-6-8-15-13-14-7-5-11-18(23(24)25)19(14)26-21(15,20)22(2)17-10-4-3-9-16(17)20/h3-5,7,9-11,13H,6,8,12H2,1-2H3/t20-,21-/m1/s1. The summed E-state index contributed by atoms with van der Waals surface area (Å²) in [5, 5.41) is 11.6. The van der Waals surface area contributed by atoms with Crippen molar-refractivity contribution < 1.29 is 9.66 Å². The molecule has 0 bridgehead atoms. The molecule has 1 fully saturated rings. The van der Waals surface area contributed by atoms with Crippen LogP contribution in [0.25, 0.3) is 6.08 Å². The summed E-state index contributed by atoms with van der Waals surface area (Å²) in [6, 6.07) is 13.5. The van der Waals surface area contributed by atoms with Gasteiger partial charge >= 0.3 is 5.69 Å². The van der Waals surface area contributed by atoms with Crippen molar-refractivity contribution in [3.63, 3.8) is 0 Å². The molecular formula is C21H20N2O3. The van der Waals surface area contributed by atoms with Gasteiger partial charge < -0.3 is 9.64 Å². The van der Waals surface area contributed by atoms with Crippen LogP contribution in [0.5, 0.6) is 5.75 Å². The van der Waals surface area contributed by atoms with E-state index in [1.807, 2.05) is 19.2 Å². The van der Waals surface area contributed by atoms with Gasteiger partial charge in [-0.2, -0.15) is 0 Å². The summed E-state index contributed by atoms with van der Waals surface area (Å²) in [6.45, 7) is 2.24. The number of ether oxygens (including phenoxy) is 1. The molecule has 5 nitrogen and oxygen atoms in total. The van der Waals surface area contributed by atoms with Crippen LogP contribution in [0.4, 0.5) is 11.4 Å². The van der Waals surface area contributed by atoms with Crippen LogP contribution >= 0.6 is 0 Å². The maximum absolute atomic E-state index is 11.6. The van der Waals surface area contributed by atoms with E-state index in [4.69, 9.17) is 4.74 Å². The van der Waals surface area contributed by atoms with Crippen LogP contribution in [0.2, 0.25) is 0 Å². The van der Waals surface area contributed by atoms with Gasteiger partial charge in [-0.3, -0.25) is 10.1 Å². The van der Waals surface area contributed by atoms with Gasteiger partial charge in [0.2, 0.25) is 11.5 Å². The van der Waals surface area contributed by atoms with Crippen molar-refractivity contribution >= 4 is 17.5 Å². The van der Waals surface area contributed by atoms with E-state index in [1.54, 1.807) is 6.07 Å². The highest BCUT2D eigenvalue weighted by Crippen LogP contribution is 2.62. The first-order valence-corrected chi connectivity index (χ1v) is 9.00. The highest BCUT2D eigenvalue weighted by Gasteiger charge is 2.65. The maximum Gasteiger partial charge on any atom is 0.311 e. The van der Waals surface area contributed by atoms with Crippen LogP contribution in [-0.4, -0.2) is 17.7 Å². The monoisotopic (exact) mass is 348 g/mol. The first kappa shape index (κ1) is 15.4. The van der Waals surface area contributed by atoms with Crippen LogP contribution < -0.4 is 9.64 Å². The summed E-state index contributed by atoms with van der Waals surface area (Å²) in [5.74, 6) is 0.383. The number of nitrogens with zero attached hydrogens (tertiary/aromatic N) is 2. The molecule has 2 aromatic rings. The summed E-state index contributed by atoms with van der Waals surface area (Å²) < 4.78 is 6.65. The van der Waals surface area contributed by atoms with E-state index in [9.17, 15) is 10.1 Å². The number of benzene rings is 2. The molecule has 0 amide bonds. The molecule has 132 valence electrons. The zero-order valence-corrected chi connectivity index (χ0v) is 14.9. The van der Waals surface area contributed by atoms with E-state index in [0.29, 0.717) is 5.75 Å². The van der Waals surface area contributed by atoms with E-state index in [1.165, 1.54) is 17.2 Å². The first-order valence-electron chi connectivity index (χ1n) is 9.00. The molecule has 2 aromatic carbocycles. The Morgan fingerprint density at radius 2 is 2.00 bits per heavy atom. The molecule has 5 rings (SSSR count). The minimum atomic E-state index is -0.700. The normalized spacial score (nSPS) is 28.2. The molecule has 1 aliphatic carbocycles. The Bertz CT molecular complexity index is 983. The number of para-hydroxylation sites is 2. The topological polar surface area (TPSA) is 55.6 Å². The lowest BCUT2D eigenvalue weighted by molar-refractivity contribution is -0.386. The number of nitro benzene ring substituents is 1. The van der Waals surface area contributed by atoms with Gasteiger partial charge in [0.05, 0.1) is 10.3 Å². The zero-order valence-electron chi connectivity index (χ0n) is 14.9. The Balaban J connectivity index is 1.80. The van der Waals surface area contributed by atoms with E-state index < -0.39 is 5.72 Å². The number of nitro groups is 1. The Morgan fingerprint density at radius 1 is 1.19 bits per heavy atom. The fourth-order valence-corrected chi connectivity index (χ4v) is 5.29. The third kappa shape index (κ3) is 1.61. The van der Waals surface area contributed by atoms with Gasteiger partial charge in [0.25, 0.3) is 0 Å². The van der Waals surface area contributed by atoms with Crippen molar-refractivity contribution in [3.8, 4) is 5.75 Å². The second kappa shape index (κ2) is 4.87. The molecular weight excluding hydrogens is 328 g/mol. The highest BCUT2D eigenvalue weighted by molar-refractivity contribution is 5.77. The van der Waals surface area contributed by atoms with Gasteiger partial charge in [0.1, 0.15) is 0 Å². The fraction of sp³-hybridized carbons (Fsp3) is 0.333. The largest absolute Gasteiger partial charge is 0.455 e. The van der Waals surface area contributed by atoms with Gasteiger partial charge in [-0.25, -0.2) is 0 Å². The summed E-state index contributed by atoms with van der Waals surface area (Å²) >= 11 is 0. The van der Waals surface area contributed by atoms with Gasteiger partial charge in [-0.1, -0.05) is 30.3 Å². The van der Waals surface area contributed by atoms with Crippen molar-refractivity contribution in [2.24, 2.45) is 0 Å². The van der Waals surface area contributed by atoms with E-state index in [0.717, 1.165) is 30.5 Å². The van der Waals surface area contributed by atoms with E-state index in [-0.39, 0.29) is 16.0 Å². The number of rotatable bonds is 1. The van der Waals surface area contributed by atoms with E-state index >= 15 is 0 Å². The maximum atomic E-state index is 11.6. The highest BCUT2D eigenvalue weighted by atomic mass is 16.6. The molecule has 0 unspecified atom stereocenters. The van der Waals surface area contributed by atoms with Crippen LogP contribution in [0.3, 0.4) is 0 Å². The Labute approximate surface area is 152 Å². The molecule has 2 atom stereocenters. The number of anilines is 1. The van der Waals surface area contributed by atoms with Crippen molar-refractivity contribution in [1.29, 1.82) is 0 Å². The molecule has 1 saturated carbocycles. The smallest absolute Gasteiger partial charge is 0.311 e. The van der Waals surface area contributed by atoms with Gasteiger partial charge in [-0.15, -0.1) is 0 Å². The predicted molar refractivity (Wildman–Crippen MR) is 100 cm³/mol. The molecule has 2 heterocycles. The molecule has 3 aliphatic rings. The fourth-order valence-electron chi connectivity index (χ4n) is 5.29. The molecule has 1 spiro atoms. The van der Waals surface area contributed by atoms with Crippen LogP contribution in [-0.2, 0) is 5.41 Å². The predicted octanol–water partition coefficient (Wildman–Crippen LogP) is 4.66. The van der Waals surface area contributed by atoms with Crippen molar-refractivity contribution in [1.82, 2.24) is 0 Å². The Morgan fingerprint density at radius 3 is 2.81 bits per heavy atom. The second-order valence-corrected chi connectivity index (χ2v) is 7.63. The lowest BCUT2D eigenvalue weighted by atomic mass is 9.64. The molecule has 0 saturated heterocycles. The minimum absolute atomic E-state index is 0.0319. The van der Waals surface area contributed by atoms with Crippen LogP contribution in [0.15, 0.2) is 48.0 Å². The van der Waals surface area contributed by atoms with Gasteiger partial charge in [0, 0.05) is 24.4 Å². The zero-order chi connectivity index (χ0) is 18.1. The number of fused-ring (bicyclic) bond motifs is 3. The van der Waals surface area contributed by atoms with Crippen LogP contribution in [0, 0.1) is 10.1 Å². The van der Waals surface area contributed by atoms with Gasteiger partial charge in [0.15, 0.2) is 0 Å². The Hall–Kier alpha value is -2.82.